The minimum atomic E-state index is -1.07. The highest BCUT2D eigenvalue weighted by Gasteiger charge is 2.15. The highest BCUT2D eigenvalue weighted by molar-refractivity contribution is 8.04. The summed E-state index contributed by atoms with van der Waals surface area (Å²) < 4.78 is 5.75. The van der Waals surface area contributed by atoms with Crippen LogP contribution in [0.3, 0.4) is 0 Å². The highest BCUT2D eigenvalue weighted by Crippen LogP contribution is 2.31. The van der Waals surface area contributed by atoms with Crippen molar-refractivity contribution < 1.29 is 14.3 Å². The van der Waals surface area contributed by atoms with Crippen LogP contribution in [0.5, 0.6) is 0 Å². The molecule has 0 bridgehead atoms. The third-order valence-electron chi connectivity index (χ3n) is 3.85. The SMILES string of the molecule is CCCc1nc(S/C(=C\c2ccc(Sc3nc4ccccc4[nH]3)o2)C(=O)O)n[nH]1. The highest BCUT2D eigenvalue weighted by atomic mass is 32.2. The average Bonchev–Trinajstić information content (AvgIpc) is 3.41. The van der Waals surface area contributed by atoms with Crippen molar-refractivity contribution >= 4 is 46.6 Å². The van der Waals surface area contributed by atoms with Gasteiger partial charge >= 0.3 is 5.97 Å². The number of carboxylic acids is 1. The Morgan fingerprint density at radius 3 is 2.90 bits per heavy atom. The summed E-state index contributed by atoms with van der Waals surface area (Å²) in [7, 11) is 0. The number of benzene rings is 1. The zero-order chi connectivity index (χ0) is 20.2. The van der Waals surface area contributed by atoms with Crippen molar-refractivity contribution in [3.8, 4) is 0 Å². The van der Waals surface area contributed by atoms with Crippen LogP contribution in [0.25, 0.3) is 17.1 Å². The van der Waals surface area contributed by atoms with E-state index in [2.05, 4.69) is 25.1 Å². The van der Waals surface area contributed by atoms with E-state index >= 15 is 0 Å². The predicted octanol–water partition coefficient (Wildman–Crippen LogP) is 4.60. The molecule has 0 spiro atoms. The summed E-state index contributed by atoms with van der Waals surface area (Å²) >= 11 is 2.31. The van der Waals surface area contributed by atoms with E-state index in [0.29, 0.717) is 21.2 Å². The van der Waals surface area contributed by atoms with Gasteiger partial charge in [0.1, 0.15) is 16.5 Å². The molecule has 0 aliphatic heterocycles. The smallest absolute Gasteiger partial charge is 0.342 e. The predicted molar refractivity (Wildman–Crippen MR) is 111 cm³/mol. The Hall–Kier alpha value is -2.98. The minimum absolute atomic E-state index is 0.0710. The fourth-order valence-corrected chi connectivity index (χ4v) is 4.05. The van der Waals surface area contributed by atoms with Crippen LogP contribution in [0, 0.1) is 0 Å². The summed E-state index contributed by atoms with van der Waals surface area (Å²) in [5, 5.41) is 18.1. The topological polar surface area (TPSA) is 121 Å². The van der Waals surface area contributed by atoms with Gasteiger partial charge in [-0.1, -0.05) is 19.1 Å². The van der Waals surface area contributed by atoms with Crippen molar-refractivity contribution in [3.63, 3.8) is 0 Å². The van der Waals surface area contributed by atoms with Crippen LogP contribution in [0.1, 0.15) is 24.9 Å². The molecule has 3 heterocycles. The third kappa shape index (κ3) is 4.72. The molecule has 10 heteroatoms. The zero-order valence-corrected chi connectivity index (χ0v) is 17.0. The lowest BCUT2D eigenvalue weighted by Crippen LogP contribution is -1.97. The van der Waals surface area contributed by atoms with Gasteiger partial charge in [-0.2, -0.15) is 0 Å². The van der Waals surface area contributed by atoms with Gasteiger partial charge < -0.3 is 14.5 Å². The second-order valence-electron chi connectivity index (χ2n) is 6.05. The molecule has 8 nitrogen and oxygen atoms in total. The lowest BCUT2D eigenvalue weighted by molar-refractivity contribution is -0.131. The first-order valence-electron chi connectivity index (χ1n) is 8.87. The zero-order valence-electron chi connectivity index (χ0n) is 15.4. The standard InChI is InChI=1S/C19H17N5O3S2/c1-2-5-15-22-19(24-23-15)28-14(17(25)26)10-11-8-9-16(27-11)29-18-20-12-6-3-4-7-13(12)21-18/h3-4,6-10H,2,5H2,1H3,(H,20,21)(H,25,26)(H,22,23,24)/b14-10-. The number of H-pyrrole nitrogens is 2. The number of nitrogens with zero attached hydrogens (tertiary/aromatic N) is 3. The number of rotatable bonds is 8. The number of nitrogens with one attached hydrogen (secondary N) is 2. The van der Waals surface area contributed by atoms with E-state index in [4.69, 9.17) is 4.42 Å². The molecule has 3 aromatic heterocycles. The second-order valence-corrected chi connectivity index (χ2v) is 8.05. The van der Waals surface area contributed by atoms with Gasteiger partial charge in [-0.3, -0.25) is 5.10 Å². The number of para-hydroxylation sites is 2. The molecule has 0 atom stereocenters. The third-order valence-corrected chi connectivity index (χ3v) is 5.54. The molecule has 0 radical (unpaired) electrons. The normalized spacial score (nSPS) is 12.0. The number of carboxylic acid groups (broad SMARTS) is 1. The van der Waals surface area contributed by atoms with E-state index in [-0.39, 0.29) is 4.91 Å². The molecule has 4 aromatic rings. The lowest BCUT2D eigenvalue weighted by Gasteiger charge is -1.97. The van der Waals surface area contributed by atoms with Crippen molar-refractivity contribution in [2.24, 2.45) is 0 Å². The van der Waals surface area contributed by atoms with Gasteiger partial charge in [0, 0.05) is 12.5 Å². The molecule has 29 heavy (non-hydrogen) atoms. The Balaban J connectivity index is 1.49. The molecule has 0 saturated carbocycles. The molecular weight excluding hydrogens is 410 g/mol. The number of thioether (sulfide) groups is 1. The monoisotopic (exact) mass is 427 g/mol. The first kappa shape index (κ1) is 19.3. The Bertz CT molecular complexity index is 1140. The van der Waals surface area contributed by atoms with Crippen LogP contribution in [-0.2, 0) is 11.2 Å². The lowest BCUT2D eigenvalue weighted by atomic mass is 10.3. The van der Waals surface area contributed by atoms with Crippen molar-refractivity contribution in [2.45, 2.75) is 35.2 Å². The van der Waals surface area contributed by atoms with Gasteiger partial charge in [0.25, 0.3) is 0 Å². The van der Waals surface area contributed by atoms with Gasteiger partial charge in [0.05, 0.1) is 11.0 Å². The summed E-state index contributed by atoms with van der Waals surface area (Å²) in [6.07, 6.45) is 3.16. The van der Waals surface area contributed by atoms with E-state index in [1.54, 1.807) is 12.1 Å². The van der Waals surface area contributed by atoms with Crippen molar-refractivity contribution in [1.82, 2.24) is 25.1 Å². The number of carbonyl (C=O) groups is 1. The molecule has 0 aliphatic carbocycles. The number of aromatic amines is 2. The molecule has 0 unspecified atom stereocenters. The Morgan fingerprint density at radius 1 is 1.24 bits per heavy atom. The summed E-state index contributed by atoms with van der Waals surface area (Å²) in [6.45, 7) is 2.04. The quantitative estimate of drug-likeness (QED) is 0.276. The maximum atomic E-state index is 11.6. The van der Waals surface area contributed by atoms with E-state index < -0.39 is 5.97 Å². The van der Waals surface area contributed by atoms with Gasteiger partial charge in [0.15, 0.2) is 10.2 Å². The van der Waals surface area contributed by atoms with Crippen LogP contribution < -0.4 is 0 Å². The molecular formula is C19H17N5O3S2. The van der Waals surface area contributed by atoms with Gasteiger partial charge in [-0.15, -0.1) is 5.10 Å². The van der Waals surface area contributed by atoms with Crippen molar-refractivity contribution in [2.75, 3.05) is 0 Å². The first-order valence-corrected chi connectivity index (χ1v) is 10.5. The van der Waals surface area contributed by atoms with Crippen molar-refractivity contribution in [3.05, 3.63) is 52.9 Å². The fourth-order valence-electron chi connectivity index (χ4n) is 2.57. The average molecular weight is 428 g/mol. The van der Waals surface area contributed by atoms with Crippen LogP contribution in [0.4, 0.5) is 0 Å². The molecule has 0 fully saturated rings. The minimum Gasteiger partial charge on any atom is -0.477 e. The van der Waals surface area contributed by atoms with Crippen LogP contribution in [0.15, 0.2) is 61.1 Å². The number of aliphatic carboxylic acids is 1. The van der Waals surface area contributed by atoms with Crippen LogP contribution >= 0.6 is 23.5 Å². The van der Waals surface area contributed by atoms with E-state index in [1.165, 1.54) is 17.8 Å². The van der Waals surface area contributed by atoms with Crippen molar-refractivity contribution in [1.29, 1.82) is 0 Å². The first-order chi connectivity index (χ1) is 14.1. The van der Waals surface area contributed by atoms with Crippen LogP contribution in [-0.4, -0.2) is 36.2 Å². The number of aryl methyl sites for hydroxylation is 1. The molecule has 0 saturated heterocycles. The van der Waals surface area contributed by atoms with Crippen LogP contribution in [0.2, 0.25) is 0 Å². The molecule has 148 valence electrons. The number of hydrogen-bond donors (Lipinski definition) is 3. The summed E-state index contributed by atoms with van der Waals surface area (Å²) in [5.74, 6) is 0.0971. The largest absolute Gasteiger partial charge is 0.477 e. The number of furan rings is 1. The van der Waals surface area contributed by atoms with Gasteiger partial charge in [0.2, 0.25) is 5.16 Å². The summed E-state index contributed by atoms with van der Waals surface area (Å²) in [4.78, 5) is 23.7. The Labute approximate surface area is 174 Å². The summed E-state index contributed by atoms with van der Waals surface area (Å²) in [6, 6.07) is 11.2. The van der Waals surface area contributed by atoms with Gasteiger partial charge in [-0.05, 0) is 54.2 Å². The van der Waals surface area contributed by atoms with E-state index in [1.807, 2.05) is 31.2 Å². The second kappa shape index (κ2) is 8.58. The molecule has 3 N–H and O–H groups in total. The Kier molecular flexibility index (Phi) is 5.72. The maximum absolute atomic E-state index is 11.6. The Morgan fingerprint density at radius 2 is 2.10 bits per heavy atom. The number of imidazole rings is 1. The molecule has 0 amide bonds. The van der Waals surface area contributed by atoms with E-state index in [9.17, 15) is 9.90 Å². The molecule has 1 aromatic carbocycles. The fraction of sp³-hybridized carbons (Fsp3) is 0.158. The number of hydrogen-bond acceptors (Lipinski definition) is 7. The maximum Gasteiger partial charge on any atom is 0.342 e. The van der Waals surface area contributed by atoms with E-state index in [0.717, 1.165) is 41.5 Å². The number of fused-ring (bicyclic) bond motifs is 1. The number of aromatic nitrogens is 5. The molecule has 0 aliphatic rings. The van der Waals surface area contributed by atoms with Gasteiger partial charge in [-0.25, -0.2) is 14.8 Å². The molecule has 4 rings (SSSR count). The summed E-state index contributed by atoms with van der Waals surface area (Å²) in [5.41, 5.74) is 1.82.